The van der Waals surface area contributed by atoms with Crippen LogP contribution in [0.25, 0.3) is 0 Å². The first-order valence-electron chi connectivity index (χ1n) is 11.2. The zero-order valence-electron chi connectivity index (χ0n) is 20.3. The van der Waals surface area contributed by atoms with Gasteiger partial charge in [0.2, 0.25) is 5.91 Å². The molecule has 180 valence electrons. The van der Waals surface area contributed by atoms with Crippen LogP contribution in [0.2, 0.25) is 0 Å². The number of anilines is 1. The molecule has 0 spiro atoms. The van der Waals surface area contributed by atoms with Crippen molar-refractivity contribution in [2.45, 2.75) is 52.2 Å². The number of carbonyl (C=O) groups excluding carboxylic acids is 1. The highest BCUT2D eigenvalue weighted by atomic mass is 32.2. The molecule has 1 N–H and O–H groups in total. The number of rotatable bonds is 9. The fraction of sp³-hybridized carbons (Fsp3) is 0.296. The molecule has 1 amide bonds. The van der Waals surface area contributed by atoms with Crippen molar-refractivity contribution in [2.75, 3.05) is 10.8 Å². The van der Waals surface area contributed by atoms with Crippen molar-refractivity contribution in [1.82, 2.24) is 5.32 Å². The number of nitrogens with zero attached hydrogens (tertiary/aromatic N) is 1. The van der Waals surface area contributed by atoms with Crippen LogP contribution in [0.15, 0.2) is 71.6 Å². The van der Waals surface area contributed by atoms with Gasteiger partial charge in [-0.2, -0.15) is 0 Å². The normalized spacial score (nSPS) is 11.4. The van der Waals surface area contributed by atoms with E-state index in [9.17, 15) is 13.2 Å². The molecule has 0 bridgehead atoms. The number of carbonyl (C=O) groups is 1. The van der Waals surface area contributed by atoms with Gasteiger partial charge < -0.3 is 10.1 Å². The summed E-state index contributed by atoms with van der Waals surface area (Å²) in [5.74, 6) is 0.325. The summed E-state index contributed by atoms with van der Waals surface area (Å²) >= 11 is 0. The Kier molecular flexibility index (Phi) is 7.99. The van der Waals surface area contributed by atoms with Crippen LogP contribution >= 0.6 is 0 Å². The van der Waals surface area contributed by atoms with E-state index in [2.05, 4.69) is 5.32 Å². The van der Waals surface area contributed by atoms with E-state index in [1.165, 1.54) is 4.31 Å². The largest absolute Gasteiger partial charge is 0.491 e. The number of benzene rings is 3. The Labute approximate surface area is 202 Å². The Hall–Kier alpha value is -3.32. The van der Waals surface area contributed by atoms with E-state index < -0.39 is 15.9 Å². The zero-order chi connectivity index (χ0) is 24.9. The van der Waals surface area contributed by atoms with Crippen molar-refractivity contribution in [2.24, 2.45) is 0 Å². The minimum absolute atomic E-state index is 0.0446. The van der Waals surface area contributed by atoms with Gasteiger partial charge in [-0.15, -0.1) is 0 Å². The molecule has 0 heterocycles. The summed E-state index contributed by atoms with van der Waals surface area (Å²) in [5, 5.41) is 2.84. The molecule has 6 nitrogen and oxygen atoms in total. The van der Waals surface area contributed by atoms with Crippen LogP contribution in [0.3, 0.4) is 0 Å². The third kappa shape index (κ3) is 6.38. The molecule has 0 aliphatic carbocycles. The monoisotopic (exact) mass is 480 g/mol. The third-order valence-electron chi connectivity index (χ3n) is 5.28. The number of nitrogens with one attached hydrogen (secondary N) is 1. The second-order valence-corrected chi connectivity index (χ2v) is 10.6. The molecule has 34 heavy (non-hydrogen) atoms. The fourth-order valence-corrected chi connectivity index (χ4v) is 5.10. The van der Waals surface area contributed by atoms with Gasteiger partial charge in [0.25, 0.3) is 10.0 Å². The molecule has 0 fully saturated rings. The van der Waals surface area contributed by atoms with Crippen LogP contribution in [0.1, 0.15) is 36.1 Å². The third-order valence-corrected chi connectivity index (χ3v) is 7.05. The van der Waals surface area contributed by atoms with Gasteiger partial charge in [-0.1, -0.05) is 47.5 Å². The van der Waals surface area contributed by atoms with E-state index in [1.54, 1.807) is 30.3 Å². The van der Waals surface area contributed by atoms with E-state index in [1.807, 2.05) is 71.0 Å². The molecule has 0 aliphatic heterocycles. The van der Waals surface area contributed by atoms with Crippen molar-refractivity contribution < 1.29 is 17.9 Å². The van der Waals surface area contributed by atoms with Gasteiger partial charge in [0.1, 0.15) is 12.3 Å². The van der Waals surface area contributed by atoms with Crippen molar-refractivity contribution in [3.63, 3.8) is 0 Å². The molecule has 3 rings (SSSR count). The Morgan fingerprint density at radius 2 is 1.62 bits per heavy atom. The molecule has 3 aromatic rings. The van der Waals surface area contributed by atoms with Crippen molar-refractivity contribution in [1.29, 1.82) is 0 Å². The Morgan fingerprint density at radius 1 is 0.941 bits per heavy atom. The van der Waals surface area contributed by atoms with Gasteiger partial charge in [-0.05, 0) is 76.1 Å². The first kappa shape index (κ1) is 25.3. The molecule has 0 aliphatic rings. The fourth-order valence-electron chi connectivity index (χ4n) is 3.61. The lowest BCUT2D eigenvalue weighted by atomic mass is 10.1. The predicted octanol–water partition coefficient (Wildman–Crippen LogP) is 4.91. The SMILES string of the molecule is Cc1ccc(S(=O)(=O)N(CC(=O)NCc2cccc(OC(C)C)c2)c2ccc(C)cc2C)cc1. The molecule has 0 atom stereocenters. The first-order valence-corrected chi connectivity index (χ1v) is 12.7. The average molecular weight is 481 g/mol. The van der Waals surface area contributed by atoms with Gasteiger partial charge >= 0.3 is 0 Å². The molecule has 0 saturated carbocycles. The average Bonchev–Trinajstić information content (AvgIpc) is 2.76. The van der Waals surface area contributed by atoms with E-state index in [-0.39, 0.29) is 24.1 Å². The number of aryl methyl sites for hydroxylation is 3. The maximum Gasteiger partial charge on any atom is 0.264 e. The maximum atomic E-state index is 13.6. The van der Waals surface area contributed by atoms with Crippen LogP contribution in [-0.4, -0.2) is 27.0 Å². The maximum absolute atomic E-state index is 13.6. The molecule has 0 radical (unpaired) electrons. The second kappa shape index (κ2) is 10.7. The van der Waals surface area contributed by atoms with E-state index in [0.717, 1.165) is 28.0 Å². The lowest BCUT2D eigenvalue weighted by molar-refractivity contribution is -0.119. The smallest absolute Gasteiger partial charge is 0.264 e. The summed E-state index contributed by atoms with van der Waals surface area (Å²) in [4.78, 5) is 13.1. The summed E-state index contributed by atoms with van der Waals surface area (Å²) in [6.07, 6.45) is 0.0446. The lowest BCUT2D eigenvalue weighted by Gasteiger charge is -2.26. The Bertz CT molecular complexity index is 1250. The lowest BCUT2D eigenvalue weighted by Crippen LogP contribution is -2.41. The van der Waals surface area contributed by atoms with Crippen LogP contribution in [0.5, 0.6) is 5.75 Å². The molecule has 7 heteroatoms. The molecular weight excluding hydrogens is 448 g/mol. The van der Waals surface area contributed by atoms with E-state index >= 15 is 0 Å². The minimum Gasteiger partial charge on any atom is -0.491 e. The summed E-state index contributed by atoms with van der Waals surface area (Å²) in [7, 11) is -3.95. The zero-order valence-corrected chi connectivity index (χ0v) is 21.1. The van der Waals surface area contributed by atoms with E-state index in [0.29, 0.717) is 5.69 Å². The minimum atomic E-state index is -3.95. The summed E-state index contributed by atoms with van der Waals surface area (Å²) in [6, 6.07) is 19.6. The van der Waals surface area contributed by atoms with Gasteiger partial charge in [-0.25, -0.2) is 8.42 Å². The quantitative estimate of drug-likeness (QED) is 0.472. The summed E-state index contributed by atoms with van der Waals surface area (Å²) in [5.41, 5.74) is 4.10. The van der Waals surface area contributed by atoms with Crippen LogP contribution in [0, 0.1) is 20.8 Å². The predicted molar refractivity (Wildman–Crippen MR) is 136 cm³/mol. The molecule has 3 aromatic carbocycles. The number of sulfonamides is 1. The molecule has 0 aromatic heterocycles. The van der Waals surface area contributed by atoms with Crippen LogP contribution in [0.4, 0.5) is 5.69 Å². The summed E-state index contributed by atoms with van der Waals surface area (Å²) in [6.45, 7) is 9.52. The topological polar surface area (TPSA) is 75.7 Å². The Morgan fingerprint density at radius 3 is 2.26 bits per heavy atom. The molecular formula is C27H32N2O4S. The summed E-state index contributed by atoms with van der Waals surface area (Å²) < 4.78 is 34.0. The van der Waals surface area contributed by atoms with Crippen molar-refractivity contribution in [3.8, 4) is 5.75 Å². The van der Waals surface area contributed by atoms with Crippen molar-refractivity contribution in [3.05, 3.63) is 89.0 Å². The van der Waals surface area contributed by atoms with Crippen LogP contribution in [-0.2, 0) is 21.4 Å². The Balaban J connectivity index is 1.84. The molecule has 0 unspecified atom stereocenters. The van der Waals surface area contributed by atoms with Gasteiger partial charge in [-0.3, -0.25) is 9.10 Å². The number of hydrogen-bond donors (Lipinski definition) is 1. The number of hydrogen-bond acceptors (Lipinski definition) is 4. The highest BCUT2D eigenvalue weighted by Crippen LogP contribution is 2.27. The molecule has 0 saturated heterocycles. The standard InChI is InChI=1S/C27H32N2O4S/c1-19(2)33-24-8-6-7-23(16-24)17-28-27(30)18-29(26-14-11-21(4)15-22(26)5)34(31,32)25-12-9-20(3)10-13-25/h6-16,19H,17-18H2,1-5H3,(H,28,30). The number of ether oxygens (including phenoxy) is 1. The van der Waals surface area contributed by atoms with Crippen molar-refractivity contribution >= 4 is 21.6 Å². The van der Waals surface area contributed by atoms with Gasteiger partial charge in [0.05, 0.1) is 16.7 Å². The van der Waals surface area contributed by atoms with E-state index in [4.69, 9.17) is 4.74 Å². The highest BCUT2D eigenvalue weighted by Gasteiger charge is 2.28. The van der Waals surface area contributed by atoms with Gasteiger partial charge in [0, 0.05) is 6.54 Å². The first-order chi connectivity index (χ1) is 16.1. The number of amides is 1. The second-order valence-electron chi connectivity index (χ2n) is 8.71. The highest BCUT2D eigenvalue weighted by molar-refractivity contribution is 7.92. The van der Waals surface area contributed by atoms with Gasteiger partial charge in [0.15, 0.2) is 0 Å². The van der Waals surface area contributed by atoms with Crippen LogP contribution < -0.4 is 14.4 Å².